The minimum Gasteiger partial charge on any atom is -0.378 e. The Kier molecular flexibility index (Phi) is 8.13. The molecule has 8 nitrogen and oxygen atoms in total. The van der Waals surface area contributed by atoms with Crippen LogP contribution in [0.1, 0.15) is 48.8 Å². The predicted molar refractivity (Wildman–Crippen MR) is 148 cm³/mol. The number of halogens is 4. The van der Waals surface area contributed by atoms with Gasteiger partial charge in [-0.25, -0.2) is 31.0 Å². The van der Waals surface area contributed by atoms with E-state index < -0.39 is 45.3 Å². The summed E-state index contributed by atoms with van der Waals surface area (Å²) in [7, 11) is -2.39. The van der Waals surface area contributed by atoms with Crippen molar-refractivity contribution in [3.63, 3.8) is 0 Å². The molecule has 4 N–H and O–H groups in total. The molecule has 0 radical (unpaired) electrons. The van der Waals surface area contributed by atoms with Gasteiger partial charge in [-0.05, 0) is 56.0 Å². The number of aliphatic hydroxyl groups is 1. The Morgan fingerprint density at radius 1 is 1.10 bits per heavy atom. The largest absolute Gasteiger partial charge is 0.378 e. The van der Waals surface area contributed by atoms with Crippen LogP contribution in [0, 0.1) is 23.5 Å². The number of benzene rings is 2. The van der Waals surface area contributed by atoms with Gasteiger partial charge in [-0.15, -0.1) is 0 Å². The first-order chi connectivity index (χ1) is 19.0. The van der Waals surface area contributed by atoms with E-state index in [1.807, 2.05) is 0 Å². The standard InChI is InChI=1S/C28H27F4N5O3S/c1-28(2,38)10-9-18-5-6-19(24(34-18)22(33)13-15-11-16(29)14-17(30)12-15)20-7-8-21(26(31)32)23-25(20)37(3)35-27(23)36-41(4,39)40/h5-8,11-12,14,22,26,38H,13,33H2,1-4H3,(H,35,36)/t22-/m0/s1. The Morgan fingerprint density at radius 3 is 2.32 bits per heavy atom. The van der Waals surface area contributed by atoms with Crippen molar-refractivity contribution in [1.82, 2.24) is 14.8 Å². The lowest BCUT2D eigenvalue weighted by Crippen LogP contribution is -2.18. The van der Waals surface area contributed by atoms with Crippen LogP contribution >= 0.6 is 0 Å². The molecule has 0 aliphatic carbocycles. The van der Waals surface area contributed by atoms with Gasteiger partial charge >= 0.3 is 0 Å². The second-order valence-corrected chi connectivity index (χ2v) is 11.8. The van der Waals surface area contributed by atoms with Crippen LogP contribution in [-0.2, 0) is 23.5 Å². The fourth-order valence-corrected chi connectivity index (χ4v) is 4.93. The average molecular weight is 590 g/mol. The van der Waals surface area contributed by atoms with Crippen molar-refractivity contribution in [2.45, 2.75) is 38.3 Å². The van der Waals surface area contributed by atoms with Crippen LogP contribution in [0.15, 0.2) is 42.5 Å². The summed E-state index contributed by atoms with van der Waals surface area (Å²) in [5.74, 6) is 3.58. The Bertz CT molecular complexity index is 1790. The summed E-state index contributed by atoms with van der Waals surface area (Å²) in [6, 6.07) is 7.81. The molecule has 0 aliphatic heterocycles. The summed E-state index contributed by atoms with van der Waals surface area (Å²) in [4.78, 5) is 4.57. The van der Waals surface area contributed by atoms with E-state index in [-0.39, 0.29) is 40.1 Å². The van der Waals surface area contributed by atoms with E-state index >= 15 is 0 Å². The Morgan fingerprint density at radius 2 is 1.73 bits per heavy atom. The Balaban J connectivity index is 1.97. The van der Waals surface area contributed by atoms with Crippen LogP contribution in [0.25, 0.3) is 22.0 Å². The van der Waals surface area contributed by atoms with Gasteiger partial charge in [0.05, 0.1) is 28.9 Å². The molecule has 0 amide bonds. The fraction of sp³-hybridized carbons (Fsp3) is 0.286. The minimum atomic E-state index is -3.86. The molecule has 4 aromatic rings. The summed E-state index contributed by atoms with van der Waals surface area (Å²) in [5, 5.41) is 14.1. The number of pyridine rings is 1. The van der Waals surface area contributed by atoms with E-state index in [0.29, 0.717) is 11.1 Å². The topological polar surface area (TPSA) is 123 Å². The normalized spacial score (nSPS) is 12.9. The number of nitrogens with two attached hydrogens (primary N) is 1. The quantitative estimate of drug-likeness (QED) is 0.214. The van der Waals surface area contributed by atoms with Crippen LogP contribution in [0.5, 0.6) is 0 Å². The molecule has 41 heavy (non-hydrogen) atoms. The molecule has 2 aromatic carbocycles. The van der Waals surface area contributed by atoms with Crippen molar-refractivity contribution < 1.29 is 31.1 Å². The molecule has 0 saturated heterocycles. The molecule has 13 heteroatoms. The van der Waals surface area contributed by atoms with Gasteiger partial charge in [0.25, 0.3) is 6.43 Å². The van der Waals surface area contributed by atoms with Crippen LogP contribution in [0.3, 0.4) is 0 Å². The Labute approximate surface area is 234 Å². The van der Waals surface area contributed by atoms with E-state index in [9.17, 15) is 31.1 Å². The lowest BCUT2D eigenvalue weighted by atomic mass is 9.93. The number of hydrogen-bond acceptors (Lipinski definition) is 6. The molecule has 1 atom stereocenters. The predicted octanol–water partition coefficient (Wildman–Crippen LogP) is 4.59. The molecule has 2 aromatic heterocycles. The highest BCUT2D eigenvalue weighted by atomic mass is 32.2. The zero-order valence-electron chi connectivity index (χ0n) is 22.5. The van der Waals surface area contributed by atoms with Crippen molar-refractivity contribution in [1.29, 1.82) is 0 Å². The summed E-state index contributed by atoms with van der Waals surface area (Å²) in [6.45, 7) is 2.98. The average Bonchev–Trinajstić information content (AvgIpc) is 3.15. The minimum absolute atomic E-state index is 0.0401. The van der Waals surface area contributed by atoms with Gasteiger partial charge in [0, 0.05) is 29.8 Å². The van der Waals surface area contributed by atoms with Crippen molar-refractivity contribution >= 4 is 26.7 Å². The Hall–Kier alpha value is -3.99. The second-order valence-electron chi connectivity index (χ2n) is 10.1. The lowest BCUT2D eigenvalue weighted by molar-refractivity contribution is 0.143. The third-order valence-corrected chi connectivity index (χ3v) is 6.54. The number of anilines is 1. The van der Waals surface area contributed by atoms with E-state index in [1.54, 1.807) is 12.1 Å². The van der Waals surface area contributed by atoms with E-state index in [4.69, 9.17) is 5.73 Å². The third-order valence-electron chi connectivity index (χ3n) is 5.98. The smallest absolute Gasteiger partial charge is 0.264 e. The van der Waals surface area contributed by atoms with E-state index in [2.05, 4.69) is 26.6 Å². The summed E-state index contributed by atoms with van der Waals surface area (Å²) in [6.07, 6.45) is -2.11. The van der Waals surface area contributed by atoms with Gasteiger partial charge in [-0.3, -0.25) is 9.40 Å². The number of fused-ring (bicyclic) bond motifs is 1. The van der Waals surface area contributed by atoms with Gasteiger partial charge in [-0.2, -0.15) is 5.10 Å². The van der Waals surface area contributed by atoms with Gasteiger partial charge in [0.15, 0.2) is 5.82 Å². The summed E-state index contributed by atoms with van der Waals surface area (Å²) >= 11 is 0. The first-order valence-corrected chi connectivity index (χ1v) is 14.1. The zero-order chi connectivity index (χ0) is 30.3. The molecule has 0 saturated carbocycles. The molecule has 2 heterocycles. The highest BCUT2D eigenvalue weighted by Gasteiger charge is 2.26. The number of aromatic nitrogens is 3. The van der Waals surface area contributed by atoms with Gasteiger partial charge in [0.2, 0.25) is 10.0 Å². The third kappa shape index (κ3) is 7.02. The second kappa shape index (κ2) is 11.1. The first kappa shape index (κ1) is 30.0. The molecule has 0 bridgehead atoms. The van der Waals surface area contributed by atoms with Crippen LogP contribution in [-0.4, -0.2) is 40.1 Å². The molecule has 4 rings (SSSR count). The fourth-order valence-electron chi connectivity index (χ4n) is 4.44. The number of alkyl halides is 2. The maximum Gasteiger partial charge on any atom is 0.264 e. The first-order valence-electron chi connectivity index (χ1n) is 12.3. The molecule has 0 spiro atoms. The number of sulfonamides is 1. The lowest BCUT2D eigenvalue weighted by Gasteiger charge is -2.18. The number of aryl methyl sites for hydroxylation is 1. The van der Waals surface area contributed by atoms with Gasteiger partial charge in [0.1, 0.15) is 22.9 Å². The van der Waals surface area contributed by atoms with E-state index in [0.717, 1.165) is 30.5 Å². The highest BCUT2D eigenvalue weighted by Crippen LogP contribution is 2.40. The number of nitrogens with zero attached hydrogens (tertiary/aromatic N) is 3. The molecular formula is C28H27F4N5O3S. The van der Waals surface area contributed by atoms with Crippen molar-refractivity contribution in [2.75, 3.05) is 11.0 Å². The molecule has 0 unspecified atom stereocenters. The maximum atomic E-state index is 14.1. The monoisotopic (exact) mass is 589 g/mol. The zero-order valence-corrected chi connectivity index (χ0v) is 23.3. The summed E-state index contributed by atoms with van der Waals surface area (Å²) < 4.78 is 83.3. The van der Waals surface area contributed by atoms with Crippen LogP contribution in [0.2, 0.25) is 0 Å². The van der Waals surface area contributed by atoms with Crippen molar-refractivity contribution in [2.24, 2.45) is 12.8 Å². The van der Waals surface area contributed by atoms with Crippen LogP contribution in [0.4, 0.5) is 23.4 Å². The highest BCUT2D eigenvalue weighted by molar-refractivity contribution is 7.92. The number of hydrogen-bond donors (Lipinski definition) is 3. The molecule has 0 fully saturated rings. The SMILES string of the molecule is Cn1nc(NS(C)(=O)=O)c2c(C(F)F)ccc(-c3ccc(C#CC(C)(C)O)nc3[C@@H](N)Cc3cc(F)cc(F)c3)c21. The van der Waals surface area contributed by atoms with Gasteiger partial charge in [-0.1, -0.05) is 18.1 Å². The number of nitrogens with one attached hydrogen (secondary N) is 1. The van der Waals surface area contributed by atoms with Crippen molar-refractivity contribution in [3.8, 4) is 23.0 Å². The molecule has 0 aliphatic rings. The van der Waals surface area contributed by atoms with Crippen molar-refractivity contribution in [3.05, 3.63) is 76.6 Å². The van der Waals surface area contributed by atoms with Gasteiger partial charge < -0.3 is 10.8 Å². The maximum absolute atomic E-state index is 14.1. The van der Waals surface area contributed by atoms with Crippen LogP contribution < -0.4 is 10.5 Å². The molecule has 216 valence electrons. The summed E-state index contributed by atoms with van der Waals surface area (Å²) in [5.41, 5.74) is 6.39. The number of rotatable bonds is 7. The molecular weight excluding hydrogens is 562 g/mol. The van der Waals surface area contributed by atoms with E-state index in [1.165, 1.54) is 31.6 Å².